The van der Waals surface area contributed by atoms with E-state index in [9.17, 15) is 10.1 Å². The predicted molar refractivity (Wildman–Crippen MR) is 77.1 cm³/mol. The van der Waals surface area contributed by atoms with E-state index < -0.39 is 4.92 Å². The van der Waals surface area contributed by atoms with Gasteiger partial charge in [-0.2, -0.15) is 4.98 Å². The van der Waals surface area contributed by atoms with Gasteiger partial charge in [-0.25, -0.2) is 4.98 Å². The van der Waals surface area contributed by atoms with Gasteiger partial charge in [0.2, 0.25) is 5.95 Å². The third-order valence-electron chi connectivity index (χ3n) is 2.93. The Kier molecular flexibility index (Phi) is 6.69. The van der Waals surface area contributed by atoms with Crippen molar-refractivity contribution in [2.24, 2.45) is 0 Å². The lowest BCUT2D eigenvalue weighted by Crippen LogP contribution is -2.14. The molecule has 0 aromatic carbocycles. The second-order valence-corrected chi connectivity index (χ2v) is 4.67. The molecule has 0 amide bonds. The minimum atomic E-state index is -0.529. The second kappa shape index (κ2) is 8.29. The van der Waals surface area contributed by atoms with E-state index >= 15 is 0 Å². The smallest absolute Gasteiger partial charge is 0.349 e. The van der Waals surface area contributed by atoms with Gasteiger partial charge in [0.25, 0.3) is 5.88 Å². The predicted octanol–water partition coefficient (Wildman–Crippen LogP) is 3.16. The SMILES string of the molecule is CCCCCCC(C)Oc1nc(NC)ncc1[N+](=O)[O-]. The maximum atomic E-state index is 10.9. The molecule has 7 nitrogen and oxygen atoms in total. The molecule has 7 heteroatoms. The molecule has 0 radical (unpaired) electrons. The van der Waals surface area contributed by atoms with Crippen LogP contribution in [0.4, 0.5) is 11.6 Å². The summed E-state index contributed by atoms with van der Waals surface area (Å²) < 4.78 is 5.60. The molecule has 1 rings (SSSR count). The molecule has 1 aromatic heterocycles. The number of unbranched alkanes of at least 4 members (excludes halogenated alkanes) is 3. The molecule has 1 atom stereocenters. The first kappa shape index (κ1) is 16.1. The summed E-state index contributed by atoms with van der Waals surface area (Å²) in [6.45, 7) is 4.06. The van der Waals surface area contributed by atoms with Crippen LogP contribution in [0.2, 0.25) is 0 Å². The van der Waals surface area contributed by atoms with Crippen molar-refractivity contribution in [3.63, 3.8) is 0 Å². The number of nitrogens with one attached hydrogen (secondary N) is 1. The van der Waals surface area contributed by atoms with Crippen molar-refractivity contribution in [2.75, 3.05) is 12.4 Å². The Hall–Kier alpha value is -1.92. The van der Waals surface area contributed by atoms with E-state index in [2.05, 4.69) is 22.2 Å². The van der Waals surface area contributed by atoms with E-state index in [1.54, 1.807) is 7.05 Å². The molecule has 0 saturated heterocycles. The number of nitro groups is 1. The quantitative estimate of drug-likeness (QED) is 0.425. The number of hydrogen-bond acceptors (Lipinski definition) is 6. The first-order valence-electron chi connectivity index (χ1n) is 6.94. The summed E-state index contributed by atoms with van der Waals surface area (Å²) in [4.78, 5) is 18.2. The van der Waals surface area contributed by atoms with Crippen molar-refractivity contribution in [1.82, 2.24) is 9.97 Å². The number of rotatable bonds is 9. The largest absolute Gasteiger partial charge is 0.470 e. The summed E-state index contributed by atoms with van der Waals surface area (Å²) in [6, 6.07) is 0. The van der Waals surface area contributed by atoms with Gasteiger partial charge in [-0.1, -0.05) is 26.2 Å². The molecule has 0 aliphatic rings. The summed E-state index contributed by atoms with van der Waals surface area (Å²) in [7, 11) is 1.65. The highest BCUT2D eigenvalue weighted by atomic mass is 16.6. The molecule has 20 heavy (non-hydrogen) atoms. The van der Waals surface area contributed by atoms with Crippen LogP contribution in [-0.4, -0.2) is 28.0 Å². The van der Waals surface area contributed by atoms with E-state index in [1.807, 2.05) is 6.92 Å². The normalized spacial score (nSPS) is 11.9. The molecule has 1 heterocycles. The lowest BCUT2D eigenvalue weighted by Gasteiger charge is -2.14. The van der Waals surface area contributed by atoms with Crippen molar-refractivity contribution in [3.05, 3.63) is 16.3 Å². The summed E-state index contributed by atoms with van der Waals surface area (Å²) in [6.07, 6.45) is 6.49. The van der Waals surface area contributed by atoms with Crippen LogP contribution >= 0.6 is 0 Å². The average Bonchev–Trinajstić information content (AvgIpc) is 2.43. The molecule has 0 aliphatic heterocycles. The zero-order valence-electron chi connectivity index (χ0n) is 12.3. The number of anilines is 1. The van der Waals surface area contributed by atoms with Crippen LogP contribution in [0, 0.1) is 10.1 Å². The summed E-state index contributed by atoms with van der Waals surface area (Å²) >= 11 is 0. The van der Waals surface area contributed by atoms with Crippen molar-refractivity contribution in [2.45, 2.75) is 52.1 Å². The van der Waals surface area contributed by atoms with E-state index in [-0.39, 0.29) is 17.7 Å². The van der Waals surface area contributed by atoms with Gasteiger partial charge in [-0.05, 0) is 19.8 Å². The molecular weight excluding hydrogens is 260 g/mol. The summed E-state index contributed by atoms with van der Waals surface area (Å²) in [5, 5.41) is 13.7. The number of ether oxygens (including phenoxy) is 1. The van der Waals surface area contributed by atoms with E-state index in [0.29, 0.717) is 5.95 Å². The van der Waals surface area contributed by atoms with E-state index in [0.717, 1.165) is 25.5 Å². The minimum absolute atomic E-state index is 0.0253. The van der Waals surface area contributed by atoms with Crippen LogP contribution in [0.3, 0.4) is 0 Å². The van der Waals surface area contributed by atoms with Crippen molar-refractivity contribution >= 4 is 11.6 Å². The summed E-state index contributed by atoms with van der Waals surface area (Å²) in [5.74, 6) is 0.334. The van der Waals surface area contributed by atoms with Crippen LogP contribution in [0.25, 0.3) is 0 Å². The molecule has 0 fully saturated rings. The highest BCUT2D eigenvalue weighted by Crippen LogP contribution is 2.26. The van der Waals surface area contributed by atoms with Gasteiger partial charge in [0, 0.05) is 7.05 Å². The Labute approximate surface area is 118 Å². The standard InChI is InChI=1S/C13H22N4O3/c1-4-5-6-7-8-10(2)20-12-11(17(18)19)9-15-13(14-3)16-12/h9-10H,4-8H2,1-3H3,(H,14,15,16). The van der Waals surface area contributed by atoms with Crippen LogP contribution in [0.15, 0.2) is 6.20 Å². The van der Waals surface area contributed by atoms with Gasteiger partial charge in [0.15, 0.2) is 0 Å². The van der Waals surface area contributed by atoms with Crippen LogP contribution in [-0.2, 0) is 0 Å². The lowest BCUT2D eigenvalue weighted by atomic mass is 10.1. The molecule has 0 aliphatic carbocycles. The van der Waals surface area contributed by atoms with Crippen LogP contribution in [0.1, 0.15) is 46.0 Å². The fourth-order valence-corrected chi connectivity index (χ4v) is 1.80. The van der Waals surface area contributed by atoms with Gasteiger partial charge in [0.05, 0.1) is 11.0 Å². The Morgan fingerprint density at radius 2 is 2.20 bits per heavy atom. The zero-order chi connectivity index (χ0) is 15.0. The van der Waals surface area contributed by atoms with Crippen LogP contribution < -0.4 is 10.1 Å². The molecule has 0 spiro atoms. The van der Waals surface area contributed by atoms with Gasteiger partial charge in [-0.15, -0.1) is 0 Å². The first-order chi connectivity index (χ1) is 9.58. The third-order valence-corrected chi connectivity index (χ3v) is 2.93. The van der Waals surface area contributed by atoms with Gasteiger partial charge in [-0.3, -0.25) is 10.1 Å². The molecule has 1 aromatic rings. The molecule has 0 saturated carbocycles. The molecule has 1 N–H and O–H groups in total. The number of aromatic nitrogens is 2. The molecule has 1 unspecified atom stereocenters. The Balaban J connectivity index is 2.66. The monoisotopic (exact) mass is 282 g/mol. The molecular formula is C13H22N4O3. The van der Waals surface area contributed by atoms with Gasteiger partial charge < -0.3 is 10.1 Å². The Morgan fingerprint density at radius 3 is 2.80 bits per heavy atom. The maximum absolute atomic E-state index is 10.9. The second-order valence-electron chi connectivity index (χ2n) is 4.67. The van der Waals surface area contributed by atoms with Crippen molar-refractivity contribution in [1.29, 1.82) is 0 Å². The van der Waals surface area contributed by atoms with Gasteiger partial charge >= 0.3 is 5.69 Å². The topological polar surface area (TPSA) is 90.2 Å². The van der Waals surface area contributed by atoms with E-state index in [1.165, 1.54) is 12.8 Å². The van der Waals surface area contributed by atoms with Crippen LogP contribution in [0.5, 0.6) is 5.88 Å². The lowest BCUT2D eigenvalue weighted by molar-refractivity contribution is -0.386. The first-order valence-corrected chi connectivity index (χ1v) is 6.94. The zero-order valence-corrected chi connectivity index (χ0v) is 12.3. The average molecular weight is 282 g/mol. The number of hydrogen-bond donors (Lipinski definition) is 1. The molecule has 0 bridgehead atoms. The summed E-state index contributed by atoms with van der Waals surface area (Å²) in [5.41, 5.74) is -0.204. The minimum Gasteiger partial charge on any atom is -0.470 e. The van der Waals surface area contributed by atoms with Crippen molar-refractivity contribution in [3.8, 4) is 5.88 Å². The Bertz CT molecular complexity index is 440. The maximum Gasteiger partial charge on any atom is 0.349 e. The fourth-order valence-electron chi connectivity index (χ4n) is 1.80. The highest BCUT2D eigenvalue weighted by molar-refractivity contribution is 5.42. The Morgan fingerprint density at radius 1 is 1.45 bits per heavy atom. The van der Waals surface area contributed by atoms with E-state index in [4.69, 9.17) is 4.74 Å². The third kappa shape index (κ3) is 4.99. The number of nitrogens with zero attached hydrogens (tertiary/aromatic N) is 3. The highest BCUT2D eigenvalue weighted by Gasteiger charge is 2.20. The molecule has 112 valence electrons. The van der Waals surface area contributed by atoms with Crippen molar-refractivity contribution < 1.29 is 9.66 Å². The van der Waals surface area contributed by atoms with Gasteiger partial charge in [0.1, 0.15) is 6.20 Å². The fraction of sp³-hybridized carbons (Fsp3) is 0.692.